The quantitative estimate of drug-likeness (QED) is 0.471. The topological polar surface area (TPSA) is 55.4 Å². The van der Waals surface area contributed by atoms with E-state index in [0.717, 1.165) is 15.7 Å². The molecule has 0 aliphatic rings. The molecule has 0 saturated heterocycles. The second kappa shape index (κ2) is 6.26. The molecule has 1 N–H and O–H groups in total. The van der Waals surface area contributed by atoms with E-state index in [-0.39, 0.29) is 0 Å². The van der Waals surface area contributed by atoms with Crippen molar-refractivity contribution in [2.45, 2.75) is 6.92 Å². The summed E-state index contributed by atoms with van der Waals surface area (Å²) in [6.07, 6.45) is 0. The lowest BCUT2D eigenvalue weighted by molar-refractivity contribution is 0.485. The summed E-state index contributed by atoms with van der Waals surface area (Å²) in [6, 6.07) is 19.1. The third kappa shape index (κ3) is 2.98. The van der Waals surface area contributed by atoms with Gasteiger partial charge in [0.05, 0.1) is 5.56 Å². The van der Waals surface area contributed by atoms with E-state index in [1.54, 1.807) is 13.0 Å². The number of hydrogen-bond acceptors (Lipinski definition) is 4. The number of fused-ring (bicyclic) bond motifs is 1. The molecule has 0 aliphatic carbocycles. The molecule has 0 unspecified atom stereocenters. The maximum atomic E-state index is 12.5. The van der Waals surface area contributed by atoms with E-state index in [0.29, 0.717) is 28.2 Å². The van der Waals surface area contributed by atoms with Gasteiger partial charge in [0.2, 0.25) is 5.88 Å². The van der Waals surface area contributed by atoms with Crippen molar-refractivity contribution in [2.75, 3.05) is 5.32 Å². The first-order chi connectivity index (χ1) is 12.1. The zero-order valence-corrected chi connectivity index (χ0v) is 15.0. The van der Waals surface area contributed by atoms with Crippen molar-refractivity contribution in [3.63, 3.8) is 0 Å². The van der Waals surface area contributed by atoms with Crippen LogP contribution in [0.2, 0.25) is 0 Å². The van der Waals surface area contributed by atoms with Crippen LogP contribution >= 0.6 is 15.9 Å². The fourth-order valence-electron chi connectivity index (χ4n) is 2.80. The molecule has 0 saturated carbocycles. The Morgan fingerprint density at radius 3 is 2.40 bits per heavy atom. The molecule has 4 rings (SSSR count). The standard InChI is InChI=1S/C20H14BrNO3/c1-12-11-16-18(20(23)24-12)17(13-7-9-14(21)10-8-13)19(25-16)22-15-5-3-2-4-6-15/h2-11,22H,1H3. The van der Waals surface area contributed by atoms with Gasteiger partial charge in [-0.2, -0.15) is 0 Å². The Morgan fingerprint density at radius 2 is 1.68 bits per heavy atom. The number of nitrogens with one attached hydrogen (secondary N) is 1. The van der Waals surface area contributed by atoms with Gasteiger partial charge in [-0.25, -0.2) is 4.79 Å². The Bertz CT molecular complexity index is 1100. The minimum atomic E-state index is -0.405. The van der Waals surface area contributed by atoms with Crippen LogP contribution in [0.15, 0.2) is 78.8 Å². The summed E-state index contributed by atoms with van der Waals surface area (Å²) in [7, 11) is 0. The van der Waals surface area contributed by atoms with Crippen molar-refractivity contribution in [1.82, 2.24) is 0 Å². The summed E-state index contributed by atoms with van der Waals surface area (Å²) < 4.78 is 12.2. The van der Waals surface area contributed by atoms with Crippen molar-refractivity contribution in [2.24, 2.45) is 0 Å². The van der Waals surface area contributed by atoms with Gasteiger partial charge in [-0.05, 0) is 36.8 Å². The van der Waals surface area contributed by atoms with Crippen molar-refractivity contribution in [3.05, 3.63) is 81.3 Å². The highest BCUT2D eigenvalue weighted by atomic mass is 79.9. The van der Waals surface area contributed by atoms with Gasteiger partial charge in [0.1, 0.15) is 16.7 Å². The molecule has 4 aromatic rings. The van der Waals surface area contributed by atoms with E-state index in [2.05, 4.69) is 21.2 Å². The average Bonchev–Trinajstić information content (AvgIpc) is 2.94. The summed E-state index contributed by atoms with van der Waals surface area (Å²) in [5.74, 6) is 1.03. The largest absolute Gasteiger partial charge is 0.439 e. The zero-order valence-electron chi connectivity index (χ0n) is 13.4. The molecule has 0 bridgehead atoms. The van der Waals surface area contributed by atoms with Gasteiger partial charge in [-0.15, -0.1) is 0 Å². The van der Waals surface area contributed by atoms with E-state index in [9.17, 15) is 4.79 Å². The molecule has 124 valence electrons. The minimum absolute atomic E-state index is 0.405. The lowest BCUT2D eigenvalue weighted by atomic mass is 10.0. The van der Waals surface area contributed by atoms with Crippen molar-refractivity contribution >= 4 is 38.5 Å². The molecule has 0 aliphatic heterocycles. The minimum Gasteiger partial charge on any atom is -0.439 e. The van der Waals surface area contributed by atoms with Crippen LogP contribution in [0.1, 0.15) is 5.76 Å². The average molecular weight is 396 g/mol. The van der Waals surface area contributed by atoms with Crippen LogP contribution in [0.4, 0.5) is 11.6 Å². The summed E-state index contributed by atoms with van der Waals surface area (Å²) in [5, 5.41) is 3.70. The van der Waals surface area contributed by atoms with Crippen LogP contribution < -0.4 is 10.9 Å². The highest BCUT2D eigenvalue weighted by Gasteiger charge is 2.20. The molecule has 0 spiro atoms. The van der Waals surface area contributed by atoms with Crippen molar-refractivity contribution in [3.8, 4) is 11.1 Å². The van der Waals surface area contributed by atoms with Crippen molar-refractivity contribution in [1.29, 1.82) is 0 Å². The van der Waals surface area contributed by atoms with E-state index < -0.39 is 5.63 Å². The van der Waals surface area contributed by atoms with E-state index in [4.69, 9.17) is 8.83 Å². The van der Waals surface area contributed by atoms with Gasteiger partial charge in [0.25, 0.3) is 0 Å². The molecule has 25 heavy (non-hydrogen) atoms. The Hall–Kier alpha value is -2.79. The van der Waals surface area contributed by atoms with Gasteiger partial charge in [-0.1, -0.05) is 46.3 Å². The van der Waals surface area contributed by atoms with E-state index >= 15 is 0 Å². The third-order valence-electron chi connectivity index (χ3n) is 3.89. The first kappa shape index (κ1) is 15.7. The summed E-state index contributed by atoms with van der Waals surface area (Å²) in [5.41, 5.74) is 2.54. The molecule has 2 heterocycles. The molecule has 5 heteroatoms. The Balaban J connectivity index is 1.97. The normalized spacial score (nSPS) is 11.0. The molecular weight excluding hydrogens is 382 g/mol. The van der Waals surface area contributed by atoms with Crippen LogP contribution in [0.5, 0.6) is 0 Å². The first-order valence-corrected chi connectivity index (χ1v) is 8.56. The van der Waals surface area contributed by atoms with Gasteiger partial charge in [0.15, 0.2) is 0 Å². The van der Waals surface area contributed by atoms with Crippen LogP contribution in [0, 0.1) is 6.92 Å². The molecule has 0 fully saturated rings. The number of anilines is 2. The Kier molecular flexibility index (Phi) is 3.93. The molecule has 4 nitrogen and oxygen atoms in total. The number of halogens is 1. The molecular formula is C20H14BrNO3. The highest BCUT2D eigenvalue weighted by molar-refractivity contribution is 9.10. The zero-order chi connectivity index (χ0) is 17.4. The smallest absolute Gasteiger partial charge is 0.347 e. The SMILES string of the molecule is Cc1cc2oc(Nc3ccccc3)c(-c3ccc(Br)cc3)c2c(=O)o1. The second-order valence-corrected chi connectivity index (χ2v) is 6.60. The summed E-state index contributed by atoms with van der Waals surface area (Å²) >= 11 is 3.44. The molecule has 2 aromatic carbocycles. The second-order valence-electron chi connectivity index (χ2n) is 5.69. The summed E-state index contributed by atoms with van der Waals surface area (Å²) in [4.78, 5) is 12.5. The van der Waals surface area contributed by atoms with E-state index in [1.807, 2.05) is 54.6 Å². The third-order valence-corrected chi connectivity index (χ3v) is 4.42. The van der Waals surface area contributed by atoms with Crippen LogP contribution in [-0.2, 0) is 0 Å². The predicted octanol–water partition coefficient (Wildman–Crippen LogP) is 5.87. The lowest BCUT2D eigenvalue weighted by Crippen LogP contribution is -2.00. The number of benzene rings is 2. The Morgan fingerprint density at radius 1 is 0.960 bits per heavy atom. The lowest BCUT2D eigenvalue weighted by Gasteiger charge is -2.06. The number of para-hydroxylation sites is 1. The molecule has 2 aromatic heterocycles. The monoisotopic (exact) mass is 395 g/mol. The van der Waals surface area contributed by atoms with Crippen LogP contribution in [0.25, 0.3) is 22.1 Å². The fourth-order valence-corrected chi connectivity index (χ4v) is 3.06. The van der Waals surface area contributed by atoms with Crippen molar-refractivity contribution < 1.29 is 8.83 Å². The molecule has 0 atom stereocenters. The maximum absolute atomic E-state index is 12.5. The predicted molar refractivity (Wildman–Crippen MR) is 102 cm³/mol. The maximum Gasteiger partial charge on any atom is 0.347 e. The van der Waals surface area contributed by atoms with Gasteiger partial charge in [0, 0.05) is 16.2 Å². The molecule has 0 radical (unpaired) electrons. The molecule has 0 amide bonds. The van der Waals surface area contributed by atoms with Gasteiger partial charge >= 0.3 is 5.63 Å². The summed E-state index contributed by atoms with van der Waals surface area (Å²) in [6.45, 7) is 1.73. The number of aryl methyl sites for hydroxylation is 1. The fraction of sp³-hybridized carbons (Fsp3) is 0.0500. The van der Waals surface area contributed by atoms with E-state index in [1.165, 1.54) is 0 Å². The van der Waals surface area contributed by atoms with Crippen LogP contribution in [0.3, 0.4) is 0 Å². The van der Waals surface area contributed by atoms with Gasteiger partial charge < -0.3 is 14.2 Å². The number of hydrogen-bond donors (Lipinski definition) is 1. The highest BCUT2D eigenvalue weighted by Crippen LogP contribution is 2.39. The Labute approximate surface area is 152 Å². The number of furan rings is 1. The van der Waals surface area contributed by atoms with Crippen LogP contribution in [-0.4, -0.2) is 0 Å². The number of rotatable bonds is 3. The van der Waals surface area contributed by atoms with Gasteiger partial charge in [-0.3, -0.25) is 0 Å². The first-order valence-electron chi connectivity index (χ1n) is 7.77.